The van der Waals surface area contributed by atoms with Crippen molar-refractivity contribution in [3.63, 3.8) is 0 Å². The molecule has 3 nitrogen and oxygen atoms in total. The Bertz CT molecular complexity index is 440. The van der Waals surface area contributed by atoms with Gasteiger partial charge in [0.05, 0.1) is 11.6 Å². The zero-order chi connectivity index (χ0) is 10.2. The summed E-state index contributed by atoms with van der Waals surface area (Å²) < 4.78 is 11.0. The van der Waals surface area contributed by atoms with E-state index in [1.807, 2.05) is 32.9 Å². The van der Waals surface area contributed by atoms with Crippen LogP contribution in [0.2, 0.25) is 0 Å². The fourth-order valence-electron chi connectivity index (χ4n) is 1.24. The molecule has 3 heteroatoms. The van der Waals surface area contributed by atoms with Crippen LogP contribution < -0.4 is 4.74 Å². The van der Waals surface area contributed by atoms with Gasteiger partial charge in [0.2, 0.25) is 5.88 Å². The van der Waals surface area contributed by atoms with Crippen LogP contribution in [0.25, 0.3) is 11.0 Å². The molecule has 0 spiro atoms. The van der Waals surface area contributed by atoms with E-state index in [2.05, 4.69) is 4.98 Å². The van der Waals surface area contributed by atoms with Gasteiger partial charge in [0.25, 0.3) is 0 Å². The monoisotopic (exact) mass is 191 g/mol. The van der Waals surface area contributed by atoms with E-state index in [4.69, 9.17) is 9.15 Å². The molecule has 0 unspecified atom stereocenters. The van der Waals surface area contributed by atoms with Gasteiger partial charge < -0.3 is 9.15 Å². The van der Waals surface area contributed by atoms with E-state index < -0.39 is 0 Å². The summed E-state index contributed by atoms with van der Waals surface area (Å²) in [4.78, 5) is 4.18. The molecule has 0 N–H and O–H groups in total. The molecule has 0 atom stereocenters. The summed E-state index contributed by atoms with van der Waals surface area (Å²) in [6.45, 7) is 5.98. The second-order valence-electron chi connectivity index (χ2n) is 4.16. The Morgan fingerprint density at radius 1 is 1.29 bits per heavy atom. The van der Waals surface area contributed by atoms with Crippen LogP contribution in [0.3, 0.4) is 0 Å². The molecule has 0 amide bonds. The highest BCUT2D eigenvalue weighted by Crippen LogP contribution is 2.26. The Kier molecular flexibility index (Phi) is 1.95. The molecule has 0 aliphatic rings. The largest absolute Gasteiger partial charge is 0.471 e. The minimum Gasteiger partial charge on any atom is -0.471 e. The molecule has 2 heterocycles. The molecule has 2 aromatic rings. The number of hydrogen-bond acceptors (Lipinski definition) is 3. The highest BCUT2D eigenvalue weighted by Gasteiger charge is 2.15. The molecule has 0 bridgehead atoms. The van der Waals surface area contributed by atoms with E-state index in [0.29, 0.717) is 5.88 Å². The molecule has 0 fully saturated rings. The molecule has 74 valence electrons. The van der Waals surface area contributed by atoms with E-state index in [0.717, 1.165) is 11.0 Å². The molecule has 0 aliphatic heterocycles. The predicted octanol–water partition coefficient (Wildman–Crippen LogP) is 3.01. The van der Waals surface area contributed by atoms with Crippen molar-refractivity contribution in [2.45, 2.75) is 26.4 Å². The van der Waals surface area contributed by atoms with Crippen molar-refractivity contribution in [1.29, 1.82) is 0 Å². The minimum absolute atomic E-state index is 0.238. The Morgan fingerprint density at radius 3 is 2.79 bits per heavy atom. The van der Waals surface area contributed by atoms with Crippen LogP contribution in [-0.2, 0) is 0 Å². The van der Waals surface area contributed by atoms with Crippen molar-refractivity contribution in [3.05, 3.63) is 24.6 Å². The Balaban J connectivity index is 2.46. The molecule has 0 radical (unpaired) electrons. The van der Waals surface area contributed by atoms with Crippen LogP contribution in [0.1, 0.15) is 20.8 Å². The van der Waals surface area contributed by atoms with Crippen molar-refractivity contribution in [1.82, 2.24) is 4.98 Å². The molecule has 2 aromatic heterocycles. The van der Waals surface area contributed by atoms with Crippen LogP contribution in [0, 0.1) is 0 Å². The van der Waals surface area contributed by atoms with Crippen molar-refractivity contribution >= 4 is 11.0 Å². The van der Waals surface area contributed by atoms with Crippen molar-refractivity contribution in [2.75, 3.05) is 0 Å². The van der Waals surface area contributed by atoms with E-state index in [1.165, 1.54) is 0 Å². The fraction of sp³-hybridized carbons (Fsp3) is 0.364. The number of hydrogen-bond donors (Lipinski definition) is 0. The highest BCUT2D eigenvalue weighted by atomic mass is 16.5. The second-order valence-corrected chi connectivity index (χ2v) is 4.16. The first-order chi connectivity index (χ1) is 6.56. The smallest absolute Gasteiger partial charge is 0.225 e. The lowest BCUT2D eigenvalue weighted by Crippen LogP contribution is -2.23. The molecule has 0 aromatic carbocycles. The van der Waals surface area contributed by atoms with Crippen molar-refractivity contribution in [2.24, 2.45) is 0 Å². The zero-order valence-corrected chi connectivity index (χ0v) is 8.57. The predicted molar refractivity (Wildman–Crippen MR) is 54.4 cm³/mol. The summed E-state index contributed by atoms with van der Waals surface area (Å²) in [7, 11) is 0. The average Bonchev–Trinajstić information content (AvgIpc) is 2.49. The van der Waals surface area contributed by atoms with Crippen molar-refractivity contribution < 1.29 is 9.15 Å². The second kappa shape index (κ2) is 3.01. The van der Waals surface area contributed by atoms with Gasteiger partial charge in [-0.05, 0) is 32.9 Å². The number of rotatable bonds is 1. The number of pyridine rings is 1. The Morgan fingerprint density at radius 2 is 2.07 bits per heavy atom. The van der Waals surface area contributed by atoms with E-state index in [1.54, 1.807) is 12.5 Å². The van der Waals surface area contributed by atoms with Gasteiger partial charge in [0.1, 0.15) is 11.2 Å². The highest BCUT2D eigenvalue weighted by molar-refractivity contribution is 5.81. The van der Waals surface area contributed by atoms with Crippen LogP contribution in [0.15, 0.2) is 29.0 Å². The third-order valence-corrected chi connectivity index (χ3v) is 1.75. The zero-order valence-electron chi connectivity index (χ0n) is 8.57. The number of fused-ring (bicyclic) bond motifs is 1. The maximum absolute atomic E-state index is 5.70. The van der Waals surface area contributed by atoms with Gasteiger partial charge in [-0.15, -0.1) is 0 Å². The summed E-state index contributed by atoms with van der Waals surface area (Å²) in [5.74, 6) is 0.628. The third kappa shape index (κ3) is 1.71. The standard InChI is InChI=1S/C11H13NO2/c1-11(2,3)14-10-8-5-7-13-9(8)4-6-12-10/h4-7H,1-3H3. The fourth-order valence-corrected chi connectivity index (χ4v) is 1.24. The molecule has 0 saturated heterocycles. The summed E-state index contributed by atoms with van der Waals surface area (Å²) in [5.41, 5.74) is 0.567. The molecular formula is C11H13NO2. The maximum atomic E-state index is 5.70. The summed E-state index contributed by atoms with van der Waals surface area (Å²) in [6, 6.07) is 3.69. The average molecular weight is 191 g/mol. The van der Waals surface area contributed by atoms with Gasteiger partial charge in [0, 0.05) is 6.20 Å². The first-order valence-corrected chi connectivity index (χ1v) is 4.57. The van der Waals surface area contributed by atoms with Crippen LogP contribution >= 0.6 is 0 Å². The summed E-state index contributed by atoms with van der Waals surface area (Å²) in [6.07, 6.45) is 3.33. The lowest BCUT2D eigenvalue weighted by molar-refractivity contribution is 0.126. The molecule has 2 rings (SSSR count). The van der Waals surface area contributed by atoms with Gasteiger partial charge in [0.15, 0.2) is 0 Å². The van der Waals surface area contributed by atoms with Crippen LogP contribution in [0.4, 0.5) is 0 Å². The van der Waals surface area contributed by atoms with Gasteiger partial charge >= 0.3 is 0 Å². The molecular weight excluding hydrogens is 178 g/mol. The van der Waals surface area contributed by atoms with Gasteiger partial charge in [-0.2, -0.15) is 0 Å². The van der Waals surface area contributed by atoms with Crippen LogP contribution in [0.5, 0.6) is 5.88 Å². The SMILES string of the molecule is CC(C)(C)Oc1nccc2occc12. The number of furan rings is 1. The maximum Gasteiger partial charge on any atom is 0.225 e. The quantitative estimate of drug-likeness (QED) is 0.695. The lowest BCUT2D eigenvalue weighted by atomic mass is 10.2. The molecule has 0 aliphatic carbocycles. The van der Waals surface area contributed by atoms with Gasteiger partial charge in [-0.25, -0.2) is 4.98 Å². The number of aromatic nitrogens is 1. The first-order valence-electron chi connectivity index (χ1n) is 4.57. The molecule has 0 saturated carbocycles. The lowest BCUT2D eigenvalue weighted by Gasteiger charge is -2.20. The summed E-state index contributed by atoms with van der Waals surface area (Å²) >= 11 is 0. The first kappa shape index (κ1) is 9.06. The Hall–Kier alpha value is -1.51. The van der Waals surface area contributed by atoms with E-state index in [9.17, 15) is 0 Å². The van der Waals surface area contributed by atoms with E-state index in [-0.39, 0.29) is 5.60 Å². The van der Waals surface area contributed by atoms with Crippen molar-refractivity contribution in [3.8, 4) is 5.88 Å². The Labute approximate surface area is 82.7 Å². The van der Waals surface area contributed by atoms with Gasteiger partial charge in [-0.1, -0.05) is 0 Å². The van der Waals surface area contributed by atoms with E-state index >= 15 is 0 Å². The third-order valence-electron chi connectivity index (χ3n) is 1.75. The normalized spacial score (nSPS) is 11.9. The number of ether oxygens (including phenoxy) is 1. The molecule has 14 heavy (non-hydrogen) atoms. The number of nitrogens with zero attached hydrogens (tertiary/aromatic N) is 1. The van der Waals surface area contributed by atoms with Gasteiger partial charge in [-0.3, -0.25) is 0 Å². The minimum atomic E-state index is -0.238. The van der Waals surface area contributed by atoms with Crippen LogP contribution in [-0.4, -0.2) is 10.6 Å². The topological polar surface area (TPSA) is 35.3 Å². The summed E-state index contributed by atoms with van der Waals surface area (Å²) in [5, 5.41) is 0.919.